The maximum absolute atomic E-state index is 12.6. The fraction of sp³-hybridized carbons (Fsp3) is 0.625. The van der Waals surface area contributed by atoms with E-state index in [2.05, 4.69) is 10.3 Å². The van der Waals surface area contributed by atoms with Gasteiger partial charge in [0.25, 0.3) is 5.91 Å². The first-order chi connectivity index (χ1) is 10.1. The third-order valence-corrected chi connectivity index (χ3v) is 4.15. The zero-order valence-electron chi connectivity index (χ0n) is 14.1. The van der Waals surface area contributed by atoms with Crippen molar-refractivity contribution in [2.24, 2.45) is 5.92 Å². The number of pyridine rings is 1. The van der Waals surface area contributed by atoms with Crippen molar-refractivity contribution in [3.05, 3.63) is 23.9 Å². The van der Waals surface area contributed by atoms with Gasteiger partial charge < -0.3 is 15.1 Å². The van der Waals surface area contributed by atoms with E-state index in [9.17, 15) is 4.79 Å². The van der Waals surface area contributed by atoms with Crippen LogP contribution in [-0.2, 0) is 0 Å². The first kappa shape index (κ1) is 22.0. The summed E-state index contributed by atoms with van der Waals surface area (Å²) in [6.45, 7) is 2.80. The van der Waals surface area contributed by atoms with E-state index in [0.717, 1.165) is 49.8 Å². The van der Waals surface area contributed by atoms with Crippen LogP contribution in [0.5, 0.6) is 0 Å². The van der Waals surface area contributed by atoms with Gasteiger partial charge in [0.2, 0.25) is 0 Å². The fourth-order valence-electron chi connectivity index (χ4n) is 2.75. The number of anilines is 1. The Bertz CT molecular complexity index is 477. The van der Waals surface area contributed by atoms with Crippen LogP contribution in [-0.4, -0.2) is 56.6 Å². The molecule has 1 aromatic heterocycles. The third-order valence-electron chi connectivity index (χ3n) is 4.15. The molecule has 0 spiro atoms. The number of nitrogens with one attached hydrogen (secondary N) is 1. The van der Waals surface area contributed by atoms with Crippen LogP contribution >= 0.6 is 24.8 Å². The second-order valence-corrected chi connectivity index (χ2v) is 5.92. The molecule has 1 N–H and O–H groups in total. The van der Waals surface area contributed by atoms with E-state index in [1.54, 1.807) is 6.20 Å². The Kier molecular flexibility index (Phi) is 10.2. The van der Waals surface area contributed by atoms with Crippen molar-refractivity contribution in [1.29, 1.82) is 0 Å². The lowest BCUT2D eigenvalue weighted by molar-refractivity contribution is 0.0687. The molecule has 5 nitrogen and oxygen atoms in total. The average Bonchev–Trinajstić information content (AvgIpc) is 2.53. The summed E-state index contributed by atoms with van der Waals surface area (Å²) >= 11 is 0. The van der Waals surface area contributed by atoms with E-state index in [1.807, 2.05) is 43.1 Å². The number of likely N-dealkylation sites (tertiary alicyclic amines) is 1. The van der Waals surface area contributed by atoms with Gasteiger partial charge >= 0.3 is 0 Å². The van der Waals surface area contributed by atoms with Crippen molar-refractivity contribution in [2.75, 3.05) is 45.7 Å². The Labute approximate surface area is 151 Å². The van der Waals surface area contributed by atoms with Crippen molar-refractivity contribution in [3.63, 3.8) is 0 Å². The molecule has 0 atom stereocenters. The number of carbonyl (C=O) groups is 1. The van der Waals surface area contributed by atoms with Crippen LogP contribution in [0.25, 0.3) is 0 Å². The number of nitrogens with zero attached hydrogens (tertiary/aromatic N) is 3. The van der Waals surface area contributed by atoms with Crippen LogP contribution in [0.4, 0.5) is 5.82 Å². The summed E-state index contributed by atoms with van der Waals surface area (Å²) in [5.74, 6) is 1.70. The Hall–Kier alpha value is -1.04. The minimum atomic E-state index is 0. The topological polar surface area (TPSA) is 48.5 Å². The lowest BCUT2D eigenvalue weighted by Crippen LogP contribution is -2.39. The molecule has 132 valence electrons. The predicted molar refractivity (Wildman–Crippen MR) is 100 cm³/mol. The van der Waals surface area contributed by atoms with Crippen molar-refractivity contribution in [1.82, 2.24) is 15.2 Å². The third kappa shape index (κ3) is 6.16. The molecule has 1 amide bonds. The van der Waals surface area contributed by atoms with Gasteiger partial charge in [-0.3, -0.25) is 4.79 Å². The van der Waals surface area contributed by atoms with Crippen molar-refractivity contribution in [3.8, 4) is 0 Å². The quantitative estimate of drug-likeness (QED) is 0.873. The van der Waals surface area contributed by atoms with Crippen molar-refractivity contribution >= 4 is 36.5 Å². The molecule has 0 radical (unpaired) electrons. The molecule has 1 aliphatic heterocycles. The molecule has 0 unspecified atom stereocenters. The molecule has 0 aromatic carbocycles. The molecule has 2 heterocycles. The highest BCUT2D eigenvalue weighted by Gasteiger charge is 2.23. The van der Waals surface area contributed by atoms with Gasteiger partial charge in [0, 0.05) is 38.9 Å². The highest BCUT2D eigenvalue weighted by Crippen LogP contribution is 2.22. The predicted octanol–water partition coefficient (Wildman–Crippen LogP) is 2.45. The minimum Gasteiger partial charge on any atom is -0.363 e. The molecule has 0 saturated carbocycles. The molecule has 7 heteroatoms. The lowest BCUT2D eigenvalue weighted by atomic mass is 9.93. The SMILES string of the molecule is CNCCC1CCN(C(=O)c2ccnc(N(C)C)c2)CC1.Cl.Cl. The number of rotatable bonds is 5. The smallest absolute Gasteiger partial charge is 0.254 e. The molecule has 23 heavy (non-hydrogen) atoms. The number of piperidine rings is 1. The number of hydrogen-bond acceptors (Lipinski definition) is 4. The highest BCUT2D eigenvalue weighted by atomic mass is 35.5. The van der Waals surface area contributed by atoms with Gasteiger partial charge in [-0.15, -0.1) is 24.8 Å². The van der Waals surface area contributed by atoms with Crippen LogP contribution in [0.3, 0.4) is 0 Å². The second-order valence-electron chi connectivity index (χ2n) is 5.92. The van der Waals surface area contributed by atoms with Gasteiger partial charge in [-0.05, 0) is 50.9 Å². The molecule has 1 saturated heterocycles. The fourth-order valence-corrected chi connectivity index (χ4v) is 2.75. The van der Waals surface area contributed by atoms with Crippen LogP contribution in [0.2, 0.25) is 0 Å². The molecular weight excluding hydrogens is 335 g/mol. The summed E-state index contributed by atoms with van der Waals surface area (Å²) in [5, 5.41) is 3.20. The standard InChI is InChI=1S/C16H26N4O.2ClH/c1-17-8-4-13-6-10-20(11-7-13)16(21)14-5-9-18-15(12-14)19(2)3;;/h5,9,12-13,17H,4,6-8,10-11H2,1-3H3;2*1H. The average molecular weight is 363 g/mol. The van der Waals surface area contributed by atoms with Gasteiger partial charge in [0.15, 0.2) is 0 Å². The molecule has 0 bridgehead atoms. The zero-order chi connectivity index (χ0) is 15.2. The van der Waals surface area contributed by atoms with E-state index in [-0.39, 0.29) is 30.7 Å². The van der Waals surface area contributed by atoms with Gasteiger partial charge in [-0.2, -0.15) is 0 Å². The van der Waals surface area contributed by atoms with Crippen molar-refractivity contribution in [2.45, 2.75) is 19.3 Å². The molecule has 0 aliphatic carbocycles. The van der Waals surface area contributed by atoms with E-state index in [0.29, 0.717) is 0 Å². The zero-order valence-corrected chi connectivity index (χ0v) is 15.8. The molecule has 1 fully saturated rings. The summed E-state index contributed by atoms with van der Waals surface area (Å²) in [4.78, 5) is 20.7. The summed E-state index contributed by atoms with van der Waals surface area (Å²) < 4.78 is 0. The maximum atomic E-state index is 12.6. The number of amides is 1. The number of hydrogen-bond donors (Lipinski definition) is 1. The Morgan fingerprint density at radius 3 is 2.57 bits per heavy atom. The summed E-state index contributed by atoms with van der Waals surface area (Å²) in [7, 11) is 5.86. The number of carbonyl (C=O) groups excluding carboxylic acids is 1. The maximum Gasteiger partial charge on any atom is 0.254 e. The van der Waals surface area contributed by atoms with Crippen molar-refractivity contribution < 1.29 is 4.79 Å². The van der Waals surface area contributed by atoms with Gasteiger partial charge in [0.1, 0.15) is 5.82 Å². The summed E-state index contributed by atoms with van der Waals surface area (Å²) in [6, 6.07) is 3.68. The first-order valence-electron chi connectivity index (χ1n) is 7.69. The monoisotopic (exact) mass is 362 g/mol. The van der Waals surface area contributed by atoms with E-state index >= 15 is 0 Å². The molecular formula is C16H28Cl2N4O. The number of aromatic nitrogens is 1. The van der Waals surface area contributed by atoms with E-state index in [4.69, 9.17) is 0 Å². The summed E-state index contributed by atoms with van der Waals surface area (Å²) in [5.41, 5.74) is 0.738. The Balaban J connectivity index is 0.00000242. The first-order valence-corrected chi connectivity index (χ1v) is 7.69. The van der Waals surface area contributed by atoms with Crippen LogP contribution < -0.4 is 10.2 Å². The van der Waals surface area contributed by atoms with E-state index < -0.39 is 0 Å². The van der Waals surface area contributed by atoms with Crippen LogP contribution in [0.15, 0.2) is 18.3 Å². The van der Waals surface area contributed by atoms with Gasteiger partial charge in [0.05, 0.1) is 0 Å². The lowest BCUT2D eigenvalue weighted by Gasteiger charge is -2.32. The van der Waals surface area contributed by atoms with Crippen LogP contribution in [0, 0.1) is 5.92 Å². The van der Waals surface area contributed by atoms with Crippen LogP contribution in [0.1, 0.15) is 29.6 Å². The summed E-state index contributed by atoms with van der Waals surface area (Å²) in [6.07, 6.45) is 5.14. The van der Waals surface area contributed by atoms with E-state index in [1.165, 1.54) is 6.42 Å². The molecule has 1 aromatic rings. The van der Waals surface area contributed by atoms with Gasteiger partial charge in [-0.1, -0.05) is 0 Å². The second kappa shape index (κ2) is 10.7. The normalized spacial score (nSPS) is 14.7. The largest absolute Gasteiger partial charge is 0.363 e. The number of halogens is 2. The Morgan fingerprint density at radius 2 is 2.00 bits per heavy atom. The minimum absolute atomic E-state index is 0. The molecule has 1 aliphatic rings. The highest BCUT2D eigenvalue weighted by molar-refractivity contribution is 5.94. The Morgan fingerprint density at radius 1 is 1.35 bits per heavy atom. The molecule has 2 rings (SSSR count). The van der Waals surface area contributed by atoms with Gasteiger partial charge in [-0.25, -0.2) is 4.98 Å².